The van der Waals surface area contributed by atoms with Crippen LogP contribution in [-0.2, 0) is 12.5 Å². The fourth-order valence-electron chi connectivity index (χ4n) is 5.28. The number of nitrogens with zero attached hydrogens (tertiary/aromatic N) is 5. The number of carbonyl (C=O) groups is 1. The Hall–Kier alpha value is -3.75. The van der Waals surface area contributed by atoms with Gasteiger partial charge in [-0.1, -0.05) is 42.5 Å². The number of nitrogens with one attached hydrogen (secondary N) is 1. The first-order valence-electron chi connectivity index (χ1n) is 11.9. The molecule has 2 aliphatic heterocycles. The Labute approximate surface area is 202 Å². The summed E-state index contributed by atoms with van der Waals surface area (Å²) in [4.78, 5) is 22.1. The topological polar surface area (TPSA) is 65.8 Å². The second-order valence-electron chi connectivity index (χ2n) is 9.51. The van der Waals surface area contributed by atoms with Gasteiger partial charge in [-0.2, -0.15) is 5.10 Å². The van der Waals surface area contributed by atoms with Crippen LogP contribution in [0.1, 0.15) is 47.7 Å². The minimum absolute atomic E-state index is 0.0364. The second kappa shape index (κ2) is 7.90. The summed E-state index contributed by atoms with van der Waals surface area (Å²) in [5.74, 6) is -1.22. The highest BCUT2D eigenvalue weighted by Gasteiger charge is 2.49. The molecular formula is C26H26F2N6O. The van der Waals surface area contributed by atoms with Gasteiger partial charge in [0.15, 0.2) is 5.82 Å². The van der Waals surface area contributed by atoms with Gasteiger partial charge in [0.1, 0.15) is 11.4 Å². The molecule has 6 rings (SSSR count). The molecule has 3 aliphatic rings. The van der Waals surface area contributed by atoms with Crippen LogP contribution in [0.3, 0.4) is 0 Å². The maximum atomic E-state index is 13.7. The van der Waals surface area contributed by atoms with Gasteiger partial charge in [-0.25, -0.2) is 18.5 Å². The van der Waals surface area contributed by atoms with Gasteiger partial charge in [-0.05, 0) is 37.0 Å². The number of halogens is 2. The number of anilines is 3. The summed E-state index contributed by atoms with van der Waals surface area (Å²) in [5, 5.41) is 8.30. The van der Waals surface area contributed by atoms with E-state index in [1.54, 1.807) is 28.8 Å². The third-order valence-corrected chi connectivity index (χ3v) is 7.08. The Morgan fingerprint density at radius 1 is 1.09 bits per heavy atom. The highest BCUT2D eigenvalue weighted by molar-refractivity contribution is 6.21. The van der Waals surface area contributed by atoms with Crippen molar-refractivity contribution in [3.8, 4) is 0 Å². The summed E-state index contributed by atoms with van der Waals surface area (Å²) in [6.45, 7) is 1.21. The number of guanidine groups is 1. The molecule has 2 atom stereocenters. The lowest BCUT2D eigenvalue weighted by molar-refractivity contribution is 0.0174. The van der Waals surface area contributed by atoms with E-state index in [9.17, 15) is 13.6 Å². The van der Waals surface area contributed by atoms with E-state index in [0.29, 0.717) is 29.7 Å². The van der Waals surface area contributed by atoms with Crippen LogP contribution < -0.4 is 10.2 Å². The molecule has 0 spiro atoms. The van der Waals surface area contributed by atoms with Crippen molar-refractivity contribution in [2.75, 3.05) is 17.3 Å². The quantitative estimate of drug-likeness (QED) is 0.565. The summed E-state index contributed by atoms with van der Waals surface area (Å²) in [5.41, 5.74) is 2.10. The molecule has 1 saturated carbocycles. The van der Waals surface area contributed by atoms with Gasteiger partial charge in [-0.15, -0.1) is 0 Å². The van der Waals surface area contributed by atoms with E-state index in [-0.39, 0.29) is 23.6 Å². The zero-order chi connectivity index (χ0) is 24.3. The number of aromatic nitrogens is 2. The van der Waals surface area contributed by atoms with Gasteiger partial charge >= 0.3 is 0 Å². The van der Waals surface area contributed by atoms with Crippen LogP contribution in [0.5, 0.6) is 0 Å². The van der Waals surface area contributed by atoms with Crippen LogP contribution in [0.15, 0.2) is 59.6 Å². The van der Waals surface area contributed by atoms with E-state index in [4.69, 9.17) is 10.1 Å². The molecular weight excluding hydrogens is 450 g/mol. The monoisotopic (exact) mass is 476 g/mol. The Kier molecular flexibility index (Phi) is 4.91. The molecule has 1 aliphatic carbocycles. The zero-order valence-corrected chi connectivity index (χ0v) is 19.6. The first-order valence-corrected chi connectivity index (χ1v) is 11.9. The predicted molar refractivity (Wildman–Crippen MR) is 130 cm³/mol. The highest BCUT2D eigenvalue weighted by Crippen LogP contribution is 2.43. The largest absolute Gasteiger partial charge is 0.340 e. The third-order valence-electron chi connectivity index (χ3n) is 7.08. The molecule has 3 heterocycles. The average molecular weight is 477 g/mol. The Bertz CT molecular complexity index is 1310. The lowest BCUT2D eigenvalue weighted by atomic mass is 10.1. The van der Waals surface area contributed by atoms with Crippen LogP contribution in [0.2, 0.25) is 0 Å². The Morgan fingerprint density at radius 2 is 1.83 bits per heavy atom. The Balaban J connectivity index is 1.45. The summed E-state index contributed by atoms with van der Waals surface area (Å²) >= 11 is 0. The summed E-state index contributed by atoms with van der Waals surface area (Å²) < 4.78 is 29.2. The van der Waals surface area contributed by atoms with E-state index in [1.165, 1.54) is 12.1 Å². The molecule has 1 fully saturated rings. The standard InChI is InChI=1S/C26H26F2N6O/c1-26(27,28)17-13-11-16(12-14-17)15-33-22(29-18-7-4-3-5-8-18)21-23(31-33)34-20-10-6-9-19(20)30-25(34)32(2)24(21)35/h3-5,7-8,11-14,19-20,29H,6,9-10,15H2,1-2H3/t19-,20+/m1/s1. The number of rotatable bonds is 5. The molecule has 180 valence electrons. The molecule has 2 aromatic carbocycles. The Morgan fingerprint density at radius 3 is 2.54 bits per heavy atom. The number of carbonyl (C=O) groups excluding carboxylic acids is 1. The maximum absolute atomic E-state index is 13.7. The van der Waals surface area contributed by atoms with Gasteiger partial charge in [0.05, 0.1) is 18.6 Å². The van der Waals surface area contributed by atoms with E-state index < -0.39 is 5.92 Å². The first kappa shape index (κ1) is 21.8. The van der Waals surface area contributed by atoms with Crippen molar-refractivity contribution in [2.45, 2.75) is 50.7 Å². The van der Waals surface area contributed by atoms with Crippen molar-refractivity contribution >= 4 is 29.2 Å². The third kappa shape index (κ3) is 3.57. The predicted octanol–water partition coefficient (Wildman–Crippen LogP) is 4.97. The lowest BCUT2D eigenvalue weighted by Gasteiger charge is -2.34. The molecule has 3 aromatic rings. The molecule has 0 saturated heterocycles. The number of fused-ring (bicyclic) bond motifs is 5. The molecule has 9 heteroatoms. The van der Waals surface area contributed by atoms with Crippen molar-refractivity contribution in [1.82, 2.24) is 14.7 Å². The van der Waals surface area contributed by atoms with Crippen molar-refractivity contribution < 1.29 is 13.6 Å². The zero-order valence-electron chi connectivity index (χ0n) is 19.6. The maximum Gasteiger partial charge on any atom is 0.270 e. The van der Waals surface area contributed by atoms with Crippen molar-refractivity contribution in [2.24, 2.45) is 4.99 Å². The first-order chi connectivity index (χ1) is 16.8. The molecule has 0 bridgehead atoms. The summed E-state index contributed by atoms with van der Waals surface area (Å²) in [7, 11) is 1.76. The highest BCUT2D eigenvalue weighted by atomic mass is 19.3. The molecule has 0 unspecified atom stereocenters. The van der Waals surface area contributed by atoms with Gasteiger partial charge in [0, 0.05) is 25.2 Å². The number of hydrogen-bond acceptors (Lipinski definition) is 5. The van der Waals surface area contributed by atoms with Gasteiger partial charge in [-0.3, -0.25) is 14.6 Å². The van der Waals surface area contributed by atoms with Gasteiger partial charge in [0.25, 0.3) is 11.8 Å². The smallest absolute Gasteiger partial charge is 0.270 e. The normalized spacial score (nSPS) is 21.0. The molecule has 0 radical (unpaired) electrons. The van der Waals surface area contributed by atoms with E-state index in [2.05, 4.69) is 10.2 Å². The number of hydrogen-bond donors (Lipinski definition) is 1. The number of benzene rings is 2. The SMILES string of the molecule is CN1C(=O)c2c(nn(Cc3ccc(C(C)(F)F)cc3)c2Nc2ccccc2)N2C1=N[C@@H]1CCC[C@@H]12. The van der Waals surface area contributed by atoms with Crippen LogP contribution in [0, 0.1) is 0 Å². The lowest BCUT2D eigenvalue weighted by Crippen LogP contribution is -2.51. The fraction of sp³-hybridized carbons (Fsp3) is 0.346. The molecule has 1 aromatic heterocycles. The van der Waals surface area contributed by atoms with Crippen LogP contribution >= 0.6 is 0 Å². The number of aliphatic imine (C=N–C) groups is 1. The van der Waals surface area contributed by atoms with Crippen LogP contribution in [0.4, 0.5) is 26.1 Å². The van der Waals surface area contributed by atoms with Crippen molar-refractivity contribution in [3.63, 3.8) is 0 Å². The number of alkyl halides is 2. The number of para-hydroxylation sites is 1. The number of amides is 1. The summed E-state index contributed by atoms with van der Waals surface area (Å²) in [6, 6.07) is 16.2. The molecule has 7 nitrogen and oxygen atoms in total. The van der Waals surface area contributed by atoms with Crippen LogP contribution in [-0.4, -0.2) is 45.7 Å². The van der Waals surface area contributed by atoms with Crippen LogP contribution in [0.25, 0.3) is 0 Å². The van der Waals surface area contributed by atoms with Crippen molar-refractivity contribution in [1.29, 1.82) is 0 Å². The molecule has 35 heavy (non-hydrogen) atoms. The van der Waals surface area contributed by atoms with Gasteiger partial charge in [0.2, 0.25) is 5.96 Å². The van der Waals surface area contributed by atoms with E-state index in [1.807, 2.05) is 30.3 Å². The average Bonchev–Trinajstić information content (AvgIpc) is 3.52. The molecule has 1 N–H and O–H groups in total. The summed E-state index contributed by atoms with van der Waals surface area (Å²) in [6.07, 6.45) is 3.10. The van der Waals surface area contributed by atoms with Crippen molar-refractivity contribution in [3.05, 3.63) is 71.3 Å². The minimum Gasteiger partial charge on any atom is -0.340 e. The second-order valence-corrected chi connectivity index (χ2v) is 9.51. The van der Waals surface area contributed by atoms with E-state index in [0.717, 1.165) is 37.4 Å². The minimum atomic E-state index is -2.90. The van der Waals surface area contributed by atoms with E-state index >= 15 is 0 Å². The molecule has 1 amide bonds. The van der Waals surface area contributed by atoms with Gasteiger partial charge < -0.3 is 5.32 Å². The fourth-order valence-corrected chi connectivity index (χ4v) is 5.28.